The minimum Gasteiger partial charge on any atom is -0.366 e. The first kappa shape index (κ1) is 18.9. The van der Waals surface area contributed by atoms with Gasteiger partial charge in [-0.15, -0.1) is 11.8 Å². The summed E-state index contributed by atoms with van der Waals surface area (Å²) in [5.41, 5.74) is 13.3. The molecule has 29 heavy (non-hydrogen) atoms. The number of carbonyl (C=O) groups is 2. The lowest BCUT2D eigenvalue weighted by Crippen LogP contribution is -2.28. The number of fused-ring (bicyclic) bond motifs is 1. The maximum atomic E-state index is 11.8. The number of hydrogen-bond acceptors (Lipinski definition) is 7. The van der Waals surface area contributed by atoms with Crippen LogP contribution < -0.4 is 16.8 Å². The third kappa shape index (κ3) is 3.90. The Morgan fingerprint density at radius 2 is 1.86 bits per heavy atom. The summed E-state index contributed by atoms with van der Waals surface area (Å²) in [4.78, 5) is 36.3. The minimum absolute atomic E-state index is 0.120. The Morgan fingerprint density at radius 1 is 1.07 bits per heavy atom. The molecule has 0 saturated heterocycles. The van der Waals surface area contributed by atoms with Crippen LogP contribution in [0.1, 0.15) is 22.0 Å². The lowest BCUT2D eigenvalue weighted by Gasteiger charge is -2.22. The van der Waals surface area contributed by atoms with Gasteiger partial charge in [0.1, 0.15) is 0 Å². The van der Waals surface area contributed by atoms with Gasteiger partial charge < -0.3 is 16.8 Å². The fourth-order valence-electron chi connectivity index (χ4n) is 3.21. The van der Waals surface area contributed by atoms with E-state index in [9.17, 15) is 9.59 Å². The van der Waals surface area contributed by atoms with Gasteiger partial charge in [0, 0.05) is 28.9 Å². The molecule has 2 aromatic rings. The number of hydrogen-bond donors (Lipinski definition) is 3. The number of benzene rings is 1. The molecule has 0 fully saturated rings. The molecule has 0 radical (unpaired) electrons. The SMILES string of the molecule is NC(=O)C1=CC=CC2C(c3nc(NCc4ccccc4)nc(C(N)=O)n3)=CSC12. The van der Waals surface area contributed by atoms with Gasteiger partial charge in [-0.05, 0) is 11.0 Å². The van der Waals surface area contributed by atoms with Crippen LogP contribution in [0.3, 0.4) is 0 Å². The molecule has 4 rings (SSSR count). The van der Waals surface area contributed by atoms with Crippen molar-refractivity contribution in [2.24, 2.45) is 17.4 Å². The van der Waals surface area contributed by atoms with Gasteiger partial charge in [0.2, 0.25) is 17.7 Å². The van der Waals surface area contributed by atoms with Crippen molar-refractivity contribution < 1.29 is 9.59 Å². The van der Waals surface area contributed by atoms with Crippen molar-refractivity contribution in [2.75, 3.05) is 5.32 Å². The zero-order valence-corrected chi connectivity index (χ0v) is 16.1. The van der Waals surface area contributed by atoms with Crippen LogP contribution >= 0.6 is 11.8 Å². The summed E-state index contributed by atoms with van der Waals surface area (Å²) in [6, 6.07) is 9.74. The van der Waals surface area contributed by atoms with E-state index in [1.54, 1.807) is 12.2 Å². The topological polar surface area (TPSA) is 137 Å². The first-order chi connectivity index (χ1) is 14.0. The van der Waals surface area contributed by atoms with E-state index in [2.05, 4.69) is 20.3 Å². The Morgan fingerprint density at radius 3 is 2.59 bits per heavy atom. The quantitative estimate of drug-likeness (QED) is 0.663. The molecule has 9 heteroatoms. The molecule has 8 nitrogen and oxygen atoms in total. The second kappa shape index (κ2) is 7.88. The van der Waals surface area contributed by atoms with Crippen molar-refractivity contribution in [1.82, 2.24) is 15.0 Å². The standard InChI is InChI=1S/C20H18N6O2S/c21-16(27)13-8-4-7-12-14(10-29-15(12)13)18-24-19(17(22)28)26-20(25-18)23-9-11-5-2-1-3-6-11/h1-8,10,12,15H,9H2,(H2,21,27)(H2,22,28)(H,23,24,25,26). The Kier molecular flexibility index (Phi) is 5.13. The molecule has 1 aliphatic heterocycles. The van der Waals surface area contributed by atoms with Crippen molar-refractivity contribution in [3.8, 4) is 0 Å². The fraction of sp³-hybridized carbons (Fsp3) is 0.150. The van der Waals surface area contributed by atoms with E-state index in [4.69, 9.17) is 11.5 Å². The van der Waals surface area contributed by atoms with Crippen molar-refractivity contribution in [2.45, 2.75) is 11.8 Å². The van der Waals surface area contributed by atoms with E-state index in [0.29, 0.717) is 17.9 Å². The molecule has 2 heterocycles. The predicted molar refractivity (Wildman–Crippen MR) is 111 cm³/mol. The second-order valence-corrected chi connectivity index (χ2v) is 7.55. The summed E-state index contributed by atoms with van der Waals surface area (Å²) in [5, 5.41) is 4.87. The third-order valence-electron chi connectivity index (χ3n) is 4.62. The Balaban J connectivity index is 1.63. The summed E-state index contributed by atoms with van der Waals surface area (Å²) in [5.74, 6) is -0.837. The molecular weight excluding hydrogens is 388 g/mol. The first-order valence-corrected chi connectivity index (χ1v) is 9.85. The molecule has 1 aliphatic carbocycles. The van der Waals surface area contributed by atoms with Crippen molar-refractivity contribution >= 4 is 35.1 Å². The number of allylic oxidation sites excluding steroid dienone is 4. The molecule has 146 valence electrons. The molecule has 2 unspecified atom stereocenters. The van der Waals surface area contributed by atoms with E-state index in [1.165, 1.54) is 11.8 Å². The highest BCUT2D eigenvalue weighted by atomic mass is 32.2. The summed E-state index contributed by atoms with van der Waals surface area (Å²) < 4.78 is 0. The number of nitrogens with two attached hydrogens (primary N) is 2. The van der Waals surface area contributed by atoms with Crippen LogP contribution in [0, 0.1) is 5.92 Å². The molecule has 1 aromatic carbocycles. The molecule has 2 aliphatic rings. The zero-order valence-electron chi connectivity index (χ0n) is 15.3. The van der Waals surface area contributed by atoms with Crippen molar-refractivity contribution in [3.05, 3.63) is 76.8 Å². The first-order valence-electron chi connectivity index (χ1n) is 8.90. The summed E-state index contributed by atoms with van der Waals surface area (Å²) >= 11 is 1.48. The second-order valence-electron chi connectivity index (χ2n) is 6.54. The normalized spacial score (nSPS) is 19.9. The average molecular weight is 406 g/mol. The van der Waals surface area contributed by atoms with Crippen LogP contribution in [0.15, 0.2) is 59.5 Å². The number of amides is 2. The summed E-state index contributed by atoms with van der Waals surface area (Å²) in [7, 11) is 0. The third-order valence-corrected chi connectivity index (χ3v) is 5.85. The maximum absolute atomic E-state index is 11.8. The van der Waals surface area contributed by atoms with Gasteiger partial charge in [-0.2, -0.15) is 9.97 Å². The molecule has 2 atom stereocenters. The summed E-state index contributed by atoms with van der Waals surface area (Å²) in [6.07, 6.45) is 5.49. The molecular formula is C20H18N6O2S. The average Bonchev–Trinajstić information content (AvgIpc) is 3.17. The molecule has 1 aromatic heterocycles. The summed E-state index contributed by atoms with van der Waals surface area (Å²) in [6.45, 7) is 0.483. The highest BCUT2D eigenvalue weighted by molar-refractivity contribution is 8.03. The van der Waals surface area contributed by atoms with Crippen LogP contribution in [0.4, 0.5) is 5.95 Å². The van der Waals surface area contributed by atoms with E-state index in [-0.39, 0.29) is 22.9 Å². The Hall–Kier alpha value is -3.46. The largest absolute Gasteiger partial charge is 0.366 e. The molecule has 2 amide bonds. The molecule has 0 saturated carbocycles. The van der Waals surface area contributed by atoms with Gasteiger partial charge in [0.05, 0.1) is 0 Å². The van der Waals surface area contributed by atoms with E-state index in [0.717, 1.165) is 11.1 Å². The number of thioether (sulfide) groups is 1. The molecule has 0 bridgehead atoms. The predicted octanol–water partition coefficient (Wildman–Crippen LogP) is 1.64. The number of rotatable bonds is 6. The number of aromatic nitrogens is 3. The Labute approximate surface area is 171 Å². The van der Waals surface area contributed by atoms with Gasteiger partial charge in [-0.25, -0.2) is 4.98 Å². The molecule has 5 N–H and O–H groups in total. The Bertz CT molecular complexity index is 1060. The lowest BCUT2D eigenvalue weighted by atomic mass is 9.87. The highest BCUT2D eigenvalue weighted by Crippen LogP contribution is 2.45. The van der Waals surface area contributed by atoms with E-state index >= 15 is 0 Å². The molecule has 0 spiro atoms. The number of nitrogens with one attached hydrogen (secondary N) is 1. The smallest absolute Gasteiger partial charge is 0.286 e. The lowest BCUT2D eigenvalue weighted by molar-refractivity contribution is -0.114. The van der Waals surface area contributed by atoms with Crippen molar-refractivity contribution in [3.63, 3.8) is 0 Å². The van der Waals surface area contributed by atoms with Gasteiger partial charge >= 0.3 is 0 Å². The van der Waals surface area contributed by atoms with Gasteiger partial charge in [0.15, 0.2) is 5.82 Å². The number of carbonyl (C=O) groups excluding carboxylic acids is 2. The van der Waals surface area contributed by atoms with E-state index in [1.807, 2.05) is 41.8 Å². The fourth-order valence-corrected chi connectivity index (χ4v) is 4.52. The van der Waals surface area contributed by atoms with E-state index < -0.39 is 11.8 Å². The van der Waals surface area contributed by atoms with Crippen LogP contribution in [0.25, 0.3) is 5.57 Å². The van der Waals surface area contributed by atoms with Crippen LogP contribution in [0.2, 0.25) is 0 Å². The maximum Gasteiger partial charge on any atom is 0.286 e. The number of primary amides is 2. The monoisotopic (exact) mass is 406 g/mol. The number of anilines is 1. The van der Waals surface area contributed by atoms with Crippen LogP contribution in [0.5, 0.6) is 0 Å². The minimum atomic E-state index is -0.740. The zero-order chi connectivity index (χ0) is 20.4. The van der Waals surface area contributed by atoms with Crippen LogP contribution in [-0.2, 0) is 11.3 Å². The van der Waals surface area contributed by atoms with Crippen LogP contribution in [-0.4, -0.2) is 32.0 Å². The van der Waals surface area contributed by atoms with Gasteiger partial charge in [-0.1, -0.05) is 48.6 Å². The van der Waals surface area contributed by atoms with Gasteiger partial charge in [0.25, 0.3) is 5.91 Å². The number of nitrogens with zero attached hydrogens (tertiary/aromatic N) is 3. The van der Waals surface area contributed by atoms with Gasteiger partial charge in [-0.3, -0.25) is 9.59 Å². The van der Waals surface area contributed by atoms with Crippen molar-refractivity contribution in [1.29, 1.82) is 0 Å². The highest BCUT2D eigenvalue weighted by Gasteiger charge is 2.37.